The fourth-order valence-electron chi connectivity index (χ4n) is 4.09. The summed E-state index contributed by atoms with van der Waals surface area (Å²) in [5, 5.41) is 0.903. The molecule has 4 rings (SSSR count). The minimum absolute atomic E-state index is 0.241. The van der Waals surface area contributed by atoms with Gasteiger partial charge in [-0.1, -0.05) is 72.3 Å². The lowest BCUT2D eigenvalue weighted by molar-refractivity contribution is 0.248. The van der Waals surface area contributed by atoms with Gasteiger partial charge in [-0.15, -0.1) is 0 Å². The molecule has 1 unspecified atom stereocenters. The van der Waals surface area contributed by atoms with Gasteiger partial charge in [0.25, 0.3) is 0 Å². The number of nitrogens with zero attached hydrogens (tertiary/aromatic N) is 1. The van der Waals surface area contributed by atoms with E-state index in [0.717, 1.165) is 35.4 Å². The second-order valence-corrected chi connectivity index (χ2v) is 9.78. The van der Waals surface area contributed by atoms with Crippen LogP contribution in [-0.2, 0) is 10.0 Å². The molecule has 1 saturated heterocycles. The fourth-order valence-corrected chi connectivity index (χ4v) is 5.90. The van der Waals surface area contributed by atoms with Gasteiger partial charge >= 0.3 is 0 Å². The van der Waals surface area contributed by atoms with E-state index >= 15 is 0 Å². The zero-order valence-corrected chi connectivity index (χ0v) is 17.2. The van der Waals surface area contributed by atoms with Crippen molar-refractivity contribution in [2.75, 3.05) is 13.1 Å². The maximum atomic E-state index is 13.1. The van der Waals surface area contributed by atoms with Gasteiger partial charge < -0.3 is 0 Å². The van der Waals surface area contributed by atoms with Gasteiger partial charge in [0.05, 0.1) is 4.90 Å². The van der Waals surface area contributed by atoms with Gasteiger partial charge in [-0.3, -0.25) is 0 Å². The molecule has 5 heteroatoms. The molecular weight excluding hydrogens is 390 g/mol. The van der Waals surface area contributed by atoms with Crippen LogP contribution in [0, 0.1) is 11.8 Å². The molecule has 0 bridgehead atoms. The van der Waals surface area contributed by atoms with E-state index in [0.29, 0.717) is 23.9 Å². The summed E-state index contributed by atoms with van der Waals surface area (Å²) in [7, 11) is -3.46. The van der Waals surface area contributed by atoms with Crippen molar-refractivity contribution in [3.8, 4) is 11.1 Å². The van der Waals surface area contributed by atoms with Crippen molar-refractivity contribution >= 4 is 21.6 Å². The zero-order valence-electron chi connectivity index (χ0n) is 15.7. The van der Waals surface area contributed by atoms with Crippen LogP contribution >= 0.6 is 11.6 Å². The molecule has 1 fully saturated rings. The van der Waals surface area contributed by atoms with E-state index in [1.165, 1.54) is 0 Å². The van der Waals surface area contributed by atoms with Gasteiger partial charge in [-0.05, 0) is 48.4 Å². The number of allylic oxidation sites excluding steroid dienone is 4. The summed E-state index contributed by atoms with van der Waals surface area (Å²) >= 11 is 6.38. The van der Waals surface area contributed by atoms with Crippen molar-refractivity contribution < 1.29 is 8.42 Å². The maximum Gasteiger partial charge on any atom is 0.243 e. The smallest absolute Gasteiger partial charge is 0.207 e. The second-order valence-electron chi connectivity index (χ2n) is 7.41. The third kappa shape index (κ3) is 3.95. The van der Waals surface area contributed by atoms with Crippen molar-refractivity contribution in [3.63, 3.8) is 0 Å². The molecule has 2 aromatic rings. The van der Waals surface area contributed by atoms with Crippen molar-refractivity contribution in [1.29, 1.82) is 0 Å². The molecule has 2 aromatic carbocycles. The predicted octanol–water partition coefficient (Wildman–Crippen LogP) is 5.45. The Morgan fingerprint density at radius 3 is 2.18 bits per heavy atom. The van der Waals surface area contributed by atoms with E-state index < -0.39 is 10.0 Å². The molecule has 2 aliphatic rings. The van der Waals surface area contributed by atoms with Crippen molar-refractivity contribution in [2.45, 2.75) is 24.2 Å². The van der Waals surface area contributed by atoms with E-state index in [4.69, 9.17) is 11.6 Å². The topological polar surface area (TPSA) is 37.4 Å². The number of benzene rings is 2. The van der Waals surface area contributed by atoms with Crippen molar-refractivity contribution in [2.24, 2.45) is 11.8 Å². The highest BCUT2D eigenvalue weighted by Crippen LogP contribution is 2.36. The van der Waals surface area contributed by atoms with Crippen molar-refractivity contribution in [1.82, 2.24) is 4.31 Å². The van der Waals surface area contributed by atoms with Gasteiger partial charge in [0.2, 0.25) is 10.0 Å². The number of hydrogen-bond donors (Lipinski definition) is 0. The van der Waals surface area contributed by atoms with Crippen LogP contribution in [-0.4, -0.2) is 25.8 Å². The third-order valence-electron chi connectivity index (χ3n) is 5.72. The molecule has 1 aliphatic heterocycles. The summed E-state index contributed by atoms with van der Waals surface area (Å²) in [4.78, 5) is 0.362. The first kappa shape index (κ1) is 19.4. The van der Waals surface area contributed by atoms with Crippen LogP contribution in [0.1, 0.15) is 19.3 Å². The Morgan fingerprint density at radius 1 is 0.893 bits per heavy atom. The van der Waals surface area contributed by atoms with Gasteiger partial charge in [0.1, 0.15) is 0 Å². The summed E-state index contributed by atoms with van der Waals surface area (Å²) in [6.07, 6.45) is 8.94. The minimum Gasteiger partial charge on any atom is -0.207 e. The number of halogens is 1. The first-order valence-corrected chi connectivity index (χ1v) is 11.6. The minimum atomic E-state index is -3.46. The summed E-state index contributed by atoms with van der Waals surface area (Å²) in [6.45, 7) is 1.09. The molecule has 1 heterocycles. The van der Waals surface area contributed by atoms with Crippen LogP contribution in [0.15, 0.2) is 82.8 Å². The Kier molecular flexibility index (Phi) is 5.72. The molecule has 0 amide bonds. The Bertz CT molecular complexity index is 973. The van der Waals surface area contributed by atoms with Crippen LogP contribution in [0.3, 0.4) is 0 Å². The van der Waals surface area contributed by atoms with E-state index in [1.807, 2.05) is 42.5 Å². The molecular formula is C23H24ClNO2S. The van der Waals surface area contributed by atoms with Crippen LogP contribution in [0.4, 0.5) is 0 Å². The van der Waals surface area contributed by atoms with Crippen molar-refractivity contribution in [3.05, 3.63) is 77.9 Å². The summed E-state index contributed by atoms with van der Waals surface area (Å²) in [5.74, 6) is 0.651. The molecule has 28 heavy (non-hydrogen) atoms. The summed E-state index contributed by atoms with van der Waals surface area (Å²) in [6, 6.07) is 17.2. The van der Waals surface area contributed by atoms with Crippen LogP contribution < -0.4 is 0 Å². The predicted molar refractivity (Wildman–Crippen MR) is 115 cm³/mol. The molecule has 0 spiro atoms. The van der Waals surface area contributed by atoms with Gasteiger partial charge in [0, 0.05) is 24.0 Å². The third-order valence-corrected chi connectivity index (χ3v) is 8.04. The molecule has 1 atom stereocenters. The van der Waals surface area contributed by atoms with Crippen LogP contribution in [0.5, 0.6) is 0 Å². The lowest BCUT2D eigenvalue weighted by Gasteiger charge is -2.35. The quantitative estimate of drug-likeness (QED) is 0.624. The zero-order chi connectivity index (χ0) is 19.6. The molecule has 3 nitrogen and oxygen atoms in total. The summed E-state index contributed by atoms with van der Waals surface area (Å²) in [5.41, 5.74) is 2.10. The fraction of sp³-hybridized carbons (Fsp3) is 0.304. The molecule has 0 saturated carbocycles. The second kappa shape index (κ2) is 8.24. The normalized spacial score (nSPS) is 21.5. The number of sulfonamides is 1. The van der Waals surface area contributed by atoms with Gasteiger partial charge in [-0.25, -0.2) is 8.42 Å². The molecule has 1 aliphatic carbocycles. The summed E-state index contributed by atoms with van der Waals surface area (Å²) < 4.78 is 27.7. The Hall–Kier alpha value is -1.88. The van der Waals surface area contributed by atoms with Crippen LogP contribution in [0.25, 0.3) is 11.1 Å². The first-order chi connectivity index (χ1) is 13.6. The largest absolute Gasteiger partial charge is 0.243 e. The Balaban J connectivity index is 1.45. The SMILES string of the molecule is O=S(=O)(c1ccc(-c2ccccc2)cc1)N1CCC(C2C=CCC=C2Cl)CC1. The highest BCUT2D eigenvalue weighted by atomic mass is 35.5. The van der Waals surface area contributed by atoms with E-state index in [2.05, 4.69) is 18.2 Å². The number of piperidine rings is 1. The van der Waals surface area contributed by atoms with Gasteiger partial charge in [-0.2, -0.15) is 4.31 Å². The number of rotatable bonds is 4. The monoisotopic (exact) mass is 413 g/mol. The van der Waals surface area contributed by atoms with Crippen LogP contribution in [0.2, 0.25) is 0 Å². The van der Waals surface area contributed by atoms with E-state index in [1.54, 1.807) is 16.4 Å². The first-order valence-electron chi connectivity index (χ1n) is 9.73. The standard InChI is InChI=1S/C23H24ClNO2S/c24-23-9-5-4-8-22(23)20-14-16-25(17-15-20)28(26,27)21-12-10-19(11-13-21)18-6-2-1-3-7-18/h1-4,6-13,20,22H,5,14-17H2. The molecule has 0 aromatic heterocycles. The van der Waals surface area contributed by atoms with Gasteiger partial charge in [0.15, 0.2) is 0 Å². The average Bonchev–Trinajstić information content (AvgIpc) is 2.75. The Labute approximate surface area is 172 Å². The highest BCUT2D eigenvalue weighted by molar-refractivity contribution is 7.89. The average molecular weight is 414 g/mol. The maximum absolute atomic E-state index is 13.1. The number of hydrogen-bond acceptors (Lipinski definition) is 2. The Morgan fingerprint density at radius 2 is 1.54 bits per heavy atom. The van der Waals surface area contributed by atoms with E-state index in [-0.39, 0.29) is 5.92 Å². The molecule has 0 N–H and O–H groups in total. The molecule has 0 radical (unpaired) electrons. The highest BCUT2D eigenvalue weighted by Gasteiger charge is 2.33. The lowest BCUT2D eigenvalue weighted by atomic mass is 9.82. The van der Waals surface area contributed by atoms with E-state index in [9.17, 15) is 8.42 Å². The molecule has 146 valence electrons. The lowest BCUT2D eigenvalue weighted by Crippen LogP contribution is -2.40.